The van der Waals surface area contributed by atoms with Crippen LogP contribution >= 0.6 is 0 Å². The minimum atomic E-state index is -0.182. The highest BCUT2D eigenvalue weighted by molar-refractivity contribution is 5.46. The zero-order valence-electron chi connectivity index (χ0n) is 10.7. The smallest absolute Gasteiger partial charge is 0.123 e. The van der Waals surface area contributed by atoms with E-state index in [0.29, 0.717) is 6.04 Å². The molecule has 3 heteroatoms. The Bertz CT molecular complexity index is 433. The highest BCUT2D eigenvalue weighted by atomic mass is 19.1. The molecular formula is C15H21FN2. The lowest BCUT2D eigenvalue weighted by molar-refractivity contribution is 0.176. The number of nitrogens with zero attached hydrogens (tertiary/aromatic N) is 1. The number of hydrogen-bond donors (Lipinski definition) is 1. The van der Waals surface area contributed by atoms with Crippen LogP contribution in [0.4, 0.5) is 10.1 Å². The van der Waals surface area contributed by atoms with Crippen LogP contribution in [0.2, 0.25) is 0 Å². The molecule has 1 saturated carbocycles. The van der Waals surface area contributed by atoms with E-state index in [4.69, 9.17) is 5.73 Å². The van der Waals surface area contributed by atoms with Crippen molar-refractivity contribution in [1.29, 1.82) is 0 Å². The fourth-order valence-corrected chi connectivity index (χ4v) is 3.63. The third-order valence-corrected chi connectivity index (χ3v) is 4.60. The maximum absolute atomic E-state index is 13.3. The number of anilines is 1. The molecule has 0 bridgehead atoms. The predicted molar refractivity (Wildman–Crippen MR) is 71.6 cm³/mol. The normalized spacial score (nSPS) is 28.3. The maximum Gasteiger partial charge on any atom is 0.123 e. The molecule has 2 fully saturated rings. The summed E-state index contributed by atoms with van der Waals surface area (Å²) >= 11 is 0. The third-order valence-electron chi connectivity index (χ3n) is 4.60. The van der Waals surface area contributed by atoms with Gasteiger partial charge in [0, 0.05) is 18.3 Å². The molecule has 98 valence electrons. The Morgan fingerprint density at radius 2 is 2.06 bits per heavy atom. The average molecular weight is 248 g/mol. The minimum Gasteiger partial charge on any atom is -0.398 e. The predicted octanol–water partition coefficient (Wildman–Crippen LogP) is 3.17. The quantitative estimate of drug-likeness (QED) is 0.814. The molecule has 1 aliphatic heterocycles. The Balaban J connectivity index is 1.74. The molecule has 1 aromatic carbocycles. The van der Waals surface area contributed by atoms with E-state index in [-0.39, 0.29) is 5.82 Å². The Kier molecular flexibility index (Phi) is 3.25. The van der Waals surface area contributed by atoms with Crippen LogP contribution in [0.15, 0.2) is 18.2 Å². The summed E-state index contributed by atoms with van der Waals surface area (Å²) in [6.07, 6.45) is 6.72. The first kappa shape index (κ1) is 12.0. The average Bonchev–Trinajstić information content (AvgIpc) is 2.78. The van der Waals surface area contributed by atoms with Crippen LogP contribution in [0.5, 0.6) is 0 Å². The van der Waals surface area contributed by atoms with E-state index in [1.165, 1.54) is 38.2 Å². The van der Waals surface area contributed by atoms with Gasteiger partial charge in [0.15, 0.2) is 0 Å². The molecule has 1 saturated heterocycles. The second-order valence-corrected chi connectivity index (χ2v) is 5.71. The topological polar surface area (TPSA) is 29.3 Å². The fraction of sp³-hybridized carbons (Fsp3) is 0.600. The Labute approximate surface area is 108 Å². The van der Waals surface area contributed by atoms with Gasteiger partial charge in [-0.1, -0.05) is 12.8 Å². The number of rotatable bonds is 2. The Morgan fingerprint density at radius 1 is 1.22 bits per heavy atom. The minimum absolute atomic E-state index is 0.182. The van der Waals surface area contributed by atoms with Crippen molar-refractivity contribution in [3.8, 4) is 0 Å². The summed E-state index contributed by atoms with van der Waals surface area (Å²) in [6, 6.07) is 5.41. The lowest BCUT2D eigenvalue weighted by Gasteiger charge is -2.32. The standard InChI is InChI=1S/C15H21FN2/c16-13-5-6-14(17)12(9-13)10-18-8-7-11-3-1-2-4-15(11)18/h5-6,9,11,15H,1-4,7-8,10,17H2. The molecular weight excluding hydrogens is 227 g/mol. The summed E-state index contributed by atoms with van der Waals surface area (Å²) in [4.78, 5) is 2.51. The molecule has 2 atom stereocenters. The number of halogens is 1. The number of nitrogens with two attached hydrogens (primary N) is 1. The Hall–Kier alpha value is -1.09. The van der Waals surface area contributed by atoms with Crippen LogP contribution < -0.4 is 5.73 Å². The highest BCUT2D eigenvalue weighted by Gasteiger charge is 2.35. The van der Waals surface area contributed by atoms with Gasteiger partial charge in [0.1, 0.15) is 5.82 Å². The van der Waals surface area contributed by atoms with Gasteiger partial charge in [-0.3, -0.25) is 4.90 Å². The van der Waals surface area contributed by atoms with Gasteiger partial charge in [0.05, 0.1) is 0 Å². The zero-order valence-corrected chi connectivity index (χ0v) is 10.7. The second kappa shape index (κ2) is 4.88. The van der Waals surface area contributed by atoms with Gasteiger partial charge in [-0.25, -0.2) is 4.39 Å². The number of fused-ring (bicyclic) bond motifs is 1. The van der Waals surface area contributed by atoms with Gasteiger partial charge in [-0.05, 0) is 55.5 Å². The lowest BCUT2D eigenvalue weighted by atomic mass is 9.85. The summed E-state index contributed by atoms with van der Waals surface area (Å²) in [5.41, 5.74) is 7.61. The van der Waals surface area contributed by atoms with Crippen molar-refractivity contribution in [2.24, 2.45) is 5.92 Å². The van der Waals surface area contributed by atoms with Gasteiger partial charge in [-0.15, -0.1) is 0 Å². The zero-order chi connectivity index (χ0) is 12.5. The maximum atomic E-state index is 13.3. The van der Waals surface area contributed by atoms with Crippen LogP contribution in [0.3, 0.4) is 0 Å². The number of hydrogen-bond acceptors (Lipinski definition) is 2. The number of nitrogen functional groups attached to an aromatic ring is 1. The fourth-order valence-electron chi connectivity index (χ4n) is 3.63. The summed E-state index contributed by atoms with van der Waals surface area (Å²) < 4.78 is 13.3. The summed E-state index contributed by atoms with van der Waals surface area (Å²) in [7, 11) is 0. The number of benzene rings is 1. The first-order chi connectivity index (χ1) is 8.74. The molecule has 0 radical (unpaired) electrons. The van der Waals surface area contributed by atoms with E-state index >= 15 is 0 Å². The monoisotopic (exact) mass is 248 g/mol. The van der Waals surface area contributed by atoms with Crippen molar-refractivity contribution in [2.75, 3.05) is 12.3 Å². The van der Waals surface area contributed by atoms with E-state index in [9.17, 15) is 4.39 Å². The van der Waals surface area contributed by atoms with E-state index in [1.54, 1.807) is 12.1 Å². The van der Waals surface area contributed by atoms with Gasteiger partial charge in [-0.2, -0.15) is 0 Å². The van der Waals surface area contributed by atoms with Crippen LogP contribution in [-0.4, -0.2) is 17.5 Å². The van der Waals surface area contributed by atoms with Crippen LogP contribution in [0, 0.1) is 11.7 Å². The van der Waals surface area contributed by atoms with Crippen molar-refractivity contribution in [1.82, 2.24) is 4.90 Å². The van der Waals surface area contributed by atoms with Gasteiger partial charge in [0.2, 0.25) is 0 Å². The van der Waals surface area contributed by atoms with Crippen LogP contribution in [-0.2, 0) is 6.54 Å². The number of likely N-dealkylation sites (tertiary alicyclic amines) is 1. The molecule has 1 aliphatic carbocycles. The molecule has 2 N–H and O–H groups in total. The van der Waals surface area contributed by atoms with Crippen molar-refractivity contribution >= 4 is 5.69 Å². The molecule has 1 aromatic rings. The summed E-state index contributed by atoms with van der Waals surface area (Å²) in [6.45, 7) is 1.95. The van der Waals surface area contributed by atoms with Crippen molar-refractivity contribution in [2.45, 2.75) is 44.7 Å². The molecule has 18 heavy (non-hydrogen) atoms. The second-order valence-electron chi connectivity index (χ2n) is 5.71. The molecule has 0 amide bonds. The third kappa shape index (κ3) is 2.24. The first-order valence-corrected chi connectivity index (χ1v) is 7.02. The molecule has 2 aliphatic rings. The van der Waals surface area contributed by atoms with E-state index < -0.39 is 0 Å². The highest BCUT2D eigenvalue weighted by Crippen LogP contribution is 2.37. The largest absolute Gasteiger partial charge is 0.398 e. The van der Waals surface area contributed by atoms with Gasteiger partial charge < -0.3 is 5.73 Å². The van der Waals surface area contributed by atoms with Crippen LogP contribution in [0.1, 0.15) is 37.7 Å². The first-order valence-electron chi connectivity index (χ1n) is 7.02. The van der Waals surface area contributed by atoms with E-state index in [2.05, 4.69) is 4.90 Å². The van der Waals surface area contributed by atoms with Crippen LogP contribution in [0.25, 0.3) is 0 Å². The SMILES string of the molecule is Nc1ccc(F)cc1CN1CCC2CCCCC21. The van der Waals surface area contributed by atoms with E-state index in [0.717, 1.165) is 30.3 Å². The molecule has 2 nitrogen and oxygen atoms in total. The van der Waals surface area contributed by atoms with Gasteiger partial charge >= 0.3 is 0 Å². The molecule has 2 unspecified atom stereocenters. The summed E-state index contributed by atoms with van der Waals surface area (Å²) in [5, 5.41) is 0. The molecule has 0 spiro atoms. The van der Waals surface area contributed by atoms with E-state index in [1.807, 2.05) is 0 Å². The Morgan fingerprint density at radius 3 is 2.94 bits per heavy atom. The summed E-state index contributed by atoms with van der Waals surface area (Å²) in [5.74, 6) is 0.687. The molecule has 3 rings (SSSR count). The lowest BCUT2D eigenvalue weighted by Crippen LogP contribution is -2.34. The van der Waals surface area contributed by atoms with Crippen molar-refractivity contribution in [3.63, 3.8) is 0 Å². The van der Waals surface area contributed by atoms with Crippen molar-refractivity contribution in [3.05, 3.63) is 29.6 Å². The molecule has 0 aromatic heterocycles. The molecule has 1 heterocycles. The van der Waals surface area contributed by atoms with Crippen molar-refractivity contribution < 1.29 is 4.39 Å². The van der Waals surface area contributed by atoms with Gasteiger partial charge in [0.25, 0.3) is 0 Å².